The Balaban J connectivity index is 1.67. The van der Waals surface area contributed by atoms with Gasteiger partial charge in [0.2, 0.25) is 10.0 Å². The van der Waals surface area contributed by atoms with Gasteiger partial charge in [0.25, 0.3) is 11.6 Å². The second-order valence-corrected chi connectivity index (χ2v) is 9.71. The van der Waals surface area contributed by atoms with Crippen LogP contribution in [0.1, 0.15) is 36.0 Å². The lowest BCUT2D eigenvalue weighted by atomic mass is 10.2. The van der Waals surface area contributed by atoms with Crippen LogP contribution >= 0.6 is 11.6 Å². The maximum Gasteiger partial charge on any atom is 0.338 e. The number of nitro groups is 1. The Bertz CT molecular complexity index is 1160. The van der Waals surface area contributed by atoms with E-state index in [9.17, 15) is 28.1 Å². The Morgan fingerprint density at radius 2 is 1.79 bits per heavy atom. The number of halogens is 1. The summed E-state index contributed by atoms with van der Waals surface area (Å²) in [6, 6.07) is 9.04. The van der Waals surface area contributed by atoms with Gasteiger partial charge in [-0.3, -0.25) is 14.9 Å². The molecule has 2 aromatic carbocycles. The third-order valence-corrected chi connectivity index (χ3v) is 7.41. The van der Waals surface area contributed by atoms with Gasteiger partial charge in [0.1, 0.15) is 4.90 Å². The van der Waals surface area contributed by atoms with Crippen molar-refractivity contribution in [2.75, 3.05) is 25.0 Å². The molecule has 0 bridgehead atoms. The monoisotopic (exact) mass is 495 g/mol. The molecule has 176 valence electrons. The molecule has 1 heterocycles. The van der Waals surface area contributed by atoms with Crippen LogP contribution in [0.4, 0.5) is 11.4 Å². The Morgan fingerprint density at radius 3 is 2.45 bits per heavy atom. The molecule has 0 aromatic heterocycles. The minimum atomic E-state index is -3.90. The van der Waals surface area contributed by atoms with Gasteiger partial charge >= 0.3 is 5.97 Å². The molecule has 1 aliphatic heterocycles. The van der Waals surface area contributed by atoms with Crippen LogP contribution in [0.5, 0.6) is 0 Å². The molecule has 10 nitrogen and oxygen atoms in total. The van der Waals surface area contributed by atoms with Gasteiger partial charge in [0, 0.05) is 30.9 Å². The van der Waals surface area contributed by atoms with Crippen LogP contribution in [0.2, 0.25) is 5.02 Å². The van der Waals surface area contributed by atoms with Crippen molar-refractivity contribution in [1.29, 1.82) is 0 Å². The lowest BCUT2D eigenvalue weighted by Gasteiger charge is -2.21. The third kappa shape index (κ3) is 6.28. The summed E-state index contributed by atoms with van der Waals surface area (Å²) in [5, 5.41) is 13.2. The summed E-state index contributed by atoms with van der Waals surface area (Å²) in [5.74, 6) is -1.62. The average molecular weight is 496 g/mol. The fraction of sp³-hybridized carbons (Fsp3) is 0.333. The van der Waals surface area contributed by atoms with Crippen molar-refractivity contribution < 1.29 is 27.7 Å². The number of amides is 1. The second kappa shape index (κ2) is 10.7. The van der Waals surface area contributed by atoms with Crippen molar-refractivity contribution in [2.45, 2.75) is 30.6 Å². The number of esters is 1. The predicted octanol–water partition coefficient (Wildman–Crippen LogP) is 3.61. The van der Waals surface area contributed by atoms with E-state index in [1.807, 2.05) is 0 Å². The van der Waals surface area contributed by atoms with Crippen molar-refractivity contribution in [1.82, 2.24) is 4.31 Å². The number of nitro benzene ring substituents is 1. The average Bonchev–Trinajstić information content (AvgIpc) is 3.08. The fourth-order valence-corrected chi connectivity index (χ4v) is 5.38. The van der Waals surface area contributed by atoms with Crippen LogP contribution in [-0.4, -0.2) is 49.2 Å². The number of rotatable bonds is 7. The van der Waals surface area contributed by atoms with Gasteiger partial charge < -0.3 is 10.1 Å². The normalized spacial score (nSPS) is 14.8. The van der Waals surface area contributed by atoms with Crippen LogP contribution in [-0.2, 0) is 19.6 Å². The van der Waals surface area contributed by atoms with Gasteiger partial charge in [-0.2, -0.15) is 4.31 Å². The van der Waals surface area contributed by atoms with E-state index in [2.05, 4.69) is 5.32 Å². The number of anilines is 1. The molecule has 0 saturated carbocycles. The van der Waals surface area contributed by atoms with Gasteiger partial charge in [-0.1, -0.05) is 30.5 Å². The molecular weight excluding hydrogens is 474 g/mol. The molecule has 2 aromatic rings. The van der Waals surface area contributed by atoms with Gasteiger partial charge in [0.05, 0.1) is 15.5 Å². The molecule has 3 rings (SSSR count). The van der Waals surface area contributed by atoms with E-state index in [4.69, 9.17) is 16.3 Å². The summed E-state index contributed by atoms with van der Waals surface area (Å²) in [6.07, 6.45) is 3.39. The molecule has 12 heteroatoms. The van der Waals surface area contributed by atoms with E-state index < -0.39 is 33.4 Å². The van der Waals surface area contributed by atoms with Gasteiger partial charge in [-0.25, -0.2) is 13.2 Å². The van der Waals surface area contributed by atoms with E-state index in [0.29, 0.717) is 13.1 Å². The first-order valence-corrected chi connectivity index (χ1v) is 12.0. The zero-order chi connectivity index (χ0) is 24.0. The largest absolute Gasteiger partial charge is 0.452 e. The van der Waals surface area contributed by atoms with Crippen LogP contribution < -0.4 is 5.32 Å². The Hall–Kier alpha value is -3.02. The number of ether oxygens (including phenoxy) is 1. The molecule has 1 N–H and O–H groups in total. The number of nitrogens with one attached hydrogen (secondary N) is 1. The summed E-state index contributed by atoms with van der Waals surface area (Å²) in [7, 11) is -3.90. The molecule has 0 radical (unpaired) electrons. The number of benzene rings is 2. The molecule has 0 spiro atoms. The van der Waals surface area contributed by atoms with Gasteiger partial charge in [-0.05, 0) is 37.1 Å². The van der Waals surface area contributed by atoms with Crippen molar-refractivity contribution in [2.24, 2.45) is 0 Å². The highest BCUT2D eigenvalue weighted by atomic mass is 35.5. The highest BCUT2D eigenvalue weighted by molar-refractivity contribution is 7.89. The van der Waals surface area contributed by atoms with Crippen molar-refractivity contribution in [3.8, 4) is 0 Å². The third-order valence-electron chi connectivity index (χ3n) is 5.02. The van der Waals surface area contributed by atoms with Crippen LogP contribution in [0.3, 0.4) is 0 Å². The number of non-ortho nitro benzene ring substituents is 1. The molecule has 0 unspecified atom stereocenters. The highest BCUT2D eigenvalue weighted by Crippen LogP contribution is 2.28. The van der Waals surface area contributed by atoms with E-state index in [1.54, 1.807) is 0 Å². The van der Waals surface area contributed by atoms with Gasteiger partial charge in [0.15, 0.2) is 6.61 Å². The van der Waals surface area contributed by atoms with E-state index in [0.717, 1.165) is 31.7 Å². The van der Waals surface area contributed by atoms with Gasteiger partial charge in [-0.15, -0.1) is 0 Å². The summed E-state index contributed by atoms with van der Waals surface area (Å²) in [4.78, 5) is 34.5. The number of hydrogen-bond donors (Lipinski definition) is 1. The van der Waals surface area contributed by atoms with Crippen molar-refractivity contribution in [3.05, 3.63) is 63.2 Å². The van der Waals surface area contributed by atoms with Crippen LogP contribution in [0.25, 0.3) is 0 Å². The lowest BCUT2D eigenvalue weighted by Crippen LogP contribution is -2.32. The first kappa shape index (κ1) is 24.6. The molecule has 33 heavy (non-hydrogen) atoms. The van der Waals surface area contributed by atoms with Crippen molar-refractivity contribution in [3.63, 3.8) is 0 Å². The van der Waals surface area contributed by atoms with E-state index >= 15 is 0 Å². The summed E-state index contributed by atoms with van der Waals surface area (Å²) in [5.41, 5.74) is -0.109. The first-order chi connectivity index (χ1) is 15.7. The molecule has 0 atom stereocenters. The quantitative estimate of drug-likeness (QED) is 0.352. The molecule has 1 saturated heterocycles. The maximum atomic E-state index is 13.1. The summed E-state index contributed by atoms with van der Waals surface area (Å²) in [6.45, 7) is 0.0919. The molecular formula is C21H22ClN3O7S. The van der Waals surface area contributed by atoms with E-state index in [-0.39, 0.29) is 26.9 Å². The Labute approximate surface area is 195 Å². The highest BCUT2D eigenvalue weighted by Gasteiger charge is 2.28. The molecule has 0 aliphatic carbocycles. The number of hydrogen-bond acceptors (Lipinski definition) is 7. The number of carbonyl (C=O) groups excluding carboxylic acids is 2. The SMILES string of the molecule is O=C(COC(=O)c1ccc(Cl)c(S(=O)(=O)N2CCCCCC2)c1)Nc1cccc([N+](=O)[O-])c1. The number of carbonyl (C=O) groups is 2. The smallest absolute Gasteiger partial charge is 0.338 e. The zero-order valence-electron chi connectivity index (χ0n) is 17.5. The standard InChI is InChI=1S/C21H22ClN3O7S/c22-18-9-8-15(12-19(18)33(30,31)24-10-3-1-2-4-11-24)21(27)32-14-20(26)23-16-6-5-7-17(13-16)25(28)29/h5-9,12-13H,1-4,10-11,14H2,(H,23,26). The lowest BCUT2D eigenvalue weighted by molar-refractivity contribution is -0.384. The molecule has 1 aliphatic rings. The van der Waals surface area contributed by atoms with Crippen molar-refractivity contribution >= 4 is 44.9 Å². The minimum Gasteiger partial charge on any atom is -0.452 e. The Kier molecular flexibility index (Phi) is 8.01. The number of nitrogens with zero attached hydrogens (tertiary/aromatic N) is 2. The van der Waals surface area contributed by atoms with Crippen LogP contribution in [0, 0.1) is 10.1 Å². The second-order valence-electron chi connectivity index (χ2n) is 7.40. The molecule has 1 fully saturated rings. The topological polar surface area (TPSA) is 136 Å². The fourth-order valence-electron chi connectivity index (χ4n) is 3.36. The first-order valence-electron chi connectivity index (χ1n) is 10.2. The molecule has 1 amide bonds. The summed E-state index contributed by atoms with van der Waals surface area (Å²) >= 11 is 6.13. The predicted molar refractivity (Wildman–Crippen MR) is 121 cm³/mol. The zero-order valence-corrected chi connectivity index (χ0v) is 19.1. The summed E-state index contributed by atoms with van der Waals surface area (Å²) < 4.78 is 32.5. The Morgan fingerprint density at radius 1 is 1.09 bits per heavy atom. The minimum absolute atomic E-state index is 0.0146. The maximum absolute atomic E-state index is 13.1. The number of sulfonamides is 1. The van der Waals surface area contributed by atoms with Crippen LogP contribution in [0.15, 0.2) is 47.4 Å². The van der Waals surface area contributed by atoms with E-state index in [1.165, 1.54) is 40.7 Å².